The van der Waals surface area contributed by atoms with Crippen molar-refractivity contribution in [2.45, 2.75) is 24.7 Å². The van der Waals surface area contributed by atoms with Crippen molar-refractivity contribution < 1.29 is 13.3 Å². The lowest BCUT2D eigenvalue weighted by Crippen LogP contribution is -2.39. The van der Waals surface area contributed by atoms with Gasteiger partial charge < -0.3 is 5.32 Å². The zero-order valence-electron chi connectivity index (χ0n) is 15.3. The topological polar surface area (TPSA) is 116 Å². The second kappa shape index (κ2) is 7.96. The predicted molar refractivity (Wildman–Crippen MR) is 105 cm³/mol. The minimum Gasteiger partial charge on any atom is -0.350 e. The van der Waals surface area contributed by atoms with Gasteiger partial charge in [-0.1, -0.05) is 13.0 Å². The standard InChI is InChI=1S/C19H20N4O4S/c1-14-4-3-9-22(13-14)28(26,27)17-7-8-18(19(11-17)23(24)25)21-16-6-2-5-15(10-16)12-20/h2,5-8,10-11,14,21H,3-4,9,13H2,1H3/t14-/m1/s1. The third-order valence-corrected chi connectivity index (χ3v) is 6.56. The van der Waals surface area contributed by atoms with Gasteiger partial charge in [0, 0.05) is 24.8 Å². The fourth-order valence-corrected chi connectivity index (χ4v) is 4.88. The van der Waals surface area contributed by atoms with Crippen LogP contribution in [0.2, 0.25) is 0 Å². The molecule has 146 valence electrons. The molecular weight excluding hydrogens is 380 g/mol. The highest BCUT2D eigenvalue weighted by Gasteiger charge is 2.30. The number of nitrogens with zero attached hydrogens (tertiary/aromatic N) is 3. The first-order valence-corrected chi connectivity index (χ1v) is 10.3. The molecule has 3 rings (SSSR count). The number of nitrogens with one attached hydrogen (secondary N) is 1. The number of sulfonamides is 1. The van der Waals surface area contributed by atoms with E-state index in [0.29, 0.717) is 24.3 Å². The molecule has 2 aromatic rings. The number of anilines is 2. The number of nitriles is 1. The first-order valence-electron chi connectivity index (χ1n) is 8.87. The quantitative estimate of drug-likeness (QED) is 0.605. The van der Waals surface area contributed by atoms with E-state index in [0.717, 1.165) is 18.9 Å². The number of nitro groups is 1. The lowest BCUT2D eigenvalue weighted by Gasteiger charge is -2.30. The molecule has 1 heterocycles. The van der Waals surface area contributed by atoms with E-state index in [9.17, 15) is 18.5 Å². The summed E-state index contributed by atoms with van der Waals surface area (Å²) in [5.41, 5.74) is 0.730. The summed E-state index contributed by atoms with van der Waals surface area (Å²) in [6.45, 7) is 2.82. The molecule has 0 bridgehead atoms. The maximum absolute atomic E-state index is 12.9. The lowest BCUT2D eigenvalue weighted by atomic mass is 10.0. The van der Waals surface area contributed by atoms with E-state index in [1.807, 2.05) is 13.0 Å². The summed E-state index contributed by atoms with van der Waals surface area (Å²) >= 11 is 0. The highest BCUT2D eigenvalue weighted by molar-refractivity contribution is 7.89. The van der Waals surface area contributed by atoms with Gasteiger partial charge in [-0.25, -0.2) is 8.42 Å². The van der Waals surface area contributed by atoms with Crippen LogP contribution in [0.3, 0.4) is 0 Å². The van der Waals surface area contributed by atoms with Crippen molar-refractivity contribution in [3.8, 4) is 6.07 Å². The Labute approximate surface area is 163 Å². The molecule has 0 saturated carbocycles. The Morgan fingerprint density at radius 2 is 2.07 bits per heavy atom. The van der Waals surface area contributed by atoms with E-state index < -0.39 is 14.9 Å². The number of nitro benzene ring substituents is 1. The zero-order chi connectivity index (χ0) is 20.3. The Bertz CT molecular complexity index is 1050. The Morgan fingerprint density at radius 1 is 1.29 bits per heavy atom. The van der Waals surface area contributed by atoms with Crippen LogP contribution < -0.4 is 5.32 Å². The van der Waals surface area contributed by atoms with Gasteiger partial charge in [-0.3, -0.25) is 10.1 Å². The Morgan fingerprint density at radius 3 is 2.75 bits per heavy atom. The number of piperidine rings is 1. The largest absolute Gasteiger partial charge is 0.350 e. The second-order valence-electron chi connectivity index (χ2n) is 6.86. The number of benzene rings is 2. The van der Waals surface area contributed by atoms with Crippen LogP contribution in [-0.4, -0.2) is 30.7 Å². The van der Waals surface area contributed by atoms with Crippen molar-refractivity contribution in [1.82, 2.24) is 4.31 Å². The summed E-state index contributed by atoms with van der Waals surface area (Å²) < 4.78 is 27.2. The second-order valence-corrected chi connectivity index (χ2v) is 8.80. The summed E-state index contributed by atoms with van der Waals surface area (Å²) in [4.78, 5) is 10.8. The molecule has 1 atom stereocenters. The molecule has 0 radical (unpaired) electrons. The molecule has 1 N–H and O–H groups in total. The molecule has 8 nitrogen and oxygen atoms in total. The van der Waals surface area contributed by atoms with Crippen LogP contribution in [0, 0.1) is 27.4 Å². The van der Waals surface area contributed by atoms with Crippen LogP contribution in [-0.2, 0) is 10.0 Å². The molecule has 2 aromatic carbocycles. The van der Waals surface area contributed by atoms with Gasteiger partial charge in [0.2, 0.25) is 10.0 Å². The van der Waals surface area contributed by atoms with Crippen molar-refractivity contribution in [1.29, 1.82) is 5.26 Å². The van der Waals surface area contributed by atoms with Crippen LogP contribution in [0.25, 0.3) is 0 Å². The van der Waals surface area contributed by atoms with Gasteiger partial charge in [0.05, 0.1) is 21.5 Å². The normalized spacial score (nSPS) is 17.6. The van der Waals surface area contributed by atoms with Crippen molar-refractivity contribution in [2.24, 2.45) is 5.92 Å². The van der Waals surface area contributed by atoms with Gasteiger partial charge in [0.15, 0.2) is 0 Å². The maximum Gasteiger partial charge on any atom is 0.294 e. The molecule has 28 heavy (non-hydrogen) atoms. The SMILES string of the molecule is C[C@@H]1CCCN(S(=O)(=O)c2ccc(Nc3cccc(C#N)c3)c([N+](=O)[O-])c2)C1. The molecule has 1 aliphatic heterocycles. The van der Waals surface area contributed by atoms with Crippen LogP contribution in [0.15, 0.2) is 47.4 Å². The molecule has 0 unspecified atom stereocenters. The third-order valence-electron chi connectivity index (χ3n) is 4.69. The highest BCUT2D eigenvalue weighted by Crippen LogP contribution is 2.32. The third kappa shape index (κ3) is 4.13. The summed E-state index contributed by atoms with van der Waals surface area (Å²) in [7, 11) is -3.79. The van der Waals surface area contributed by atoms with Crippen molar-refractivity contribution in [3.63, 3.8) is 0 Å². The molecule has 1 aliphatic rings. The Kier molecular flexibility index (Phi) is 5.63. The summed E-state index contributed by atoms with van der Waals surface area (Å²) in [6.07, 6.45) is 1.74. The average molecular weight is 400 g/mol. The van der Waals surface area contributed by atoms with Crippen molar-refractivity contribution in [3.05, 3.63) is 58.1 Å². The predicted octanol–water partition coefficient (Wildman–Crippen LogP) is 3.63. The maximum atomic E-state index is 12.9. The number of rotatable bonds is 5. The fourth-order valence-electron chi connectivity index (χ4n) is 3.26. The Hall–Kier alpha value is -2.96. The molecule has 1 saturated heterocycles. The van der Waals surface area contributed by atoms with E-state index >= 15 is 0 Å². The molecule has 0 spiro atoms. The smallest absolute Gasteiger partial charge is 0.294 e. The lowest BCUT2D eigenvalue weighted by molar-refractivity contribution is -0.384. The van der Waals surface area contributed by atoms with E-state index in [1.165, 1.54) is 16.4 Å². The Balaban J connectivity index is 1.95. The summed E-state index contributed by atoms with van der Waals surface area (Å²) in [5, 5.41) is 23.4. The van der Waals surface area contributed by atoms with E-state index in [-0.39, 0.29) is 22.2 Å². The molecule has 0 aromatic heterocycles. The van der Waals surface area contributed by atoms with E-state index in [4.69, 9.17) is 5.26 Å². The molecule has 1 fully saturated rings. The van der Waals surface area contributed by atoms with Gasteiger partial charge in [-0.05, 0) is 49.1 Å². The van der Waals surface area contributed by atoms with Crippen LogP contribution in [0.5, 0.6) is 0 Å². The minimum absolute atomic E-state index is 0.0929. The fraction of sp³-hybridized carbons (Fsp3) is 0.316. The molecule has 0 aliphatic carbocycles. The van der Waals surface area contributed by atoms with Crippen LogP contribution in [0.1, 0.15) is 25.3 Å². The molecule has 9 heteroatoms. The monoisotopic (exact) mass is 400 g/mol. The van der Waals surface area contributed by atoms with E-state index in [1.54, 1.807) is 24.3 Å². The van der Waals surface area contributed by atoms with Crippen LogP contribution in [0.4, 0.5) is 17.1 Å². The molecule has 0 amide bonds. The van der Waals surface area contributed by atoms with Gasteiger partial charge in [0.25, 0.3) is 5.69 Å². The first kappa shape index (κ1) is 19.8. The summed E-state index contributed by atoms with van der Waals surface area (Å²) in [5.74, 6) is 0.256. The van der Waals surface area contributed by atoms with Gasteiger partial charge >= 0.3 is 0 Å². The van der Waals surface area contributed by atoms with Crippen molar-refractivity contribution in [2.75, 3.05) is 18.4 Å². The van der Waals surface area contributed by atoms with Gasteiger partial charge in [-0.15, -0.1) is 0 Å². The molecular formula is C19H20N4O4S. The summed E-state index contributed by atoms with van der Waals surface area (Å²) in [6, 6.07) is 12.4. The minimum atomic E-state index is -3.79. The van der Waals surface area contributed by atoms with Crippen LogP contribution >= 0.6 is 0 Å². The number of hydrogen-bond donors (Lipinski definition) is 1. The van der Waals surface area contributed by atoms with Crippen molar-refractivity contribution >= 4 is 27.1 Å². The average Bonchev–Trinajstić information content (AvgIpc) is 2.68. The number of hydrogen-bond acceptors (Lipinski definition) is 6. The zero-order valence-corrected chi connectivity index (χ0v) is 16.1. The van der Waals surface area contributed by atoms with Gasteiger partial charge in [-0.2, -0.15) is 9.57 Å². The highest BCUT2D eigenvalue weighted by atomic mass is 32.2. The van der Waals surface area contributed by atoms with Gasteiger partial charge in [0.1, 0.15) is 5.69 Å². The van der Waals surface area contributed by atoms with E-state index in [2.05, 4.69) is 5.32 Å². The first-order chi connectivity index (χ1) is 13.3.